The number of urea groups is 1. The average Bonchev–Trinajstić information content (AvgIpc) is 3.63. The number of ether oxygens (including phenoxy) is 1. The molecule has 1 saturated heterocycles. The molecule has 4 aromatic rings. The first kappa shape index (κ1) is 32.0. The monoisotopic (exact) mass is 657 g/mol. The van der Waals surface area contributed by atoms with Gasteiger partial charge in [0, 0.05) is 5.56 Å². The van der Waals surface area contributed by atoms with Crippen LogP contribution in [-0.2, 0) is 4.79 Å². The number of nitrogens with zero attached hydrogens (tertiary/aromatic N) is 5. The number of rotatable bonds is 8. The minimum atomic E-state index is -4.77. The smallest absolute Gasteiger partial charge is 0.406 e. The van der Waals surface area contributed by atoms with E-state index in [0.717, 1.165) is 28.5 Å². The Balaban J connectivity index is 1.23. The van der Waals surface area contributed by atoms with E-state index < -0.39 is 12.4 Å². The van der Waals surface area contributed by atoms with Crippen LogP contribution < -0.4 is 20.5 Å². The number of thioether (sulfide) groups is 1. The molecule has 5 rings (SSSR count). The number of aliphatic imine (C=N–C) groups is 1. The highest BCUT2D eigenvalue weighted by atomic mass is 35.5. The normalized spacial score (nSPS) is 15.0. The Labute approximate surface area is 265 Å². The van der Waals surface area contributed by atoms with Gasteiger partial charge in [-0.1, -0.05) is 60.6 Å². The fraction of sp³-hybridized carbons (Fsp3) is 0.233. The number of alkyl halides is 3. The summed E-state index contributed by atoms with van der Waals surface area (Å²) in [5.41, 5.74) is 10.0. The molecule has 3 amide bonds. The van der Waals surface area contributed by atoms with Crippen molar-refractivity contribution < 1.29 is 27.5 Å². The molecule has 1 atom stereocenters. The molecule has 3 aromatic carbocycles. The van der Waals surface area contributed by atoms with E-state index in [0.29, 0.717) is 34.2 Å². The van der Waals surface area contributed by atoms with Gasteiger partial charge in [-0.2, -0.15) is 4.99 Å². The molecule has 15 heteroatoms. The van der Waals surface area contributed by atoms with Crippen LogP contribution in [0.5, 0.6) is 5.75 Å². The number of nitrogens with one attached hydrogen (secondary N) is 2. The molecule has 10 nitrogen and oxygen atoms in total. The van der Waals surface area contributed by atoms with Crippen LogP contribution in [0.2, 0.25) is 5.02 Å². The van der Waals surface area contributed by atoms with E-state index in [1.54, 1.807) is 6.07 Å². The average molecular weight is 658 g/mol. The van der Waals surface area contributed by atoms with Gasteiger partial charge in [0.1, 0.15) is 12.1 Å². The zero-order chi connectivity index (χ0) is 32.3. The van der Waals surface area contributed by atoms with Crippen molar-refractivity contribution in [3.05, 3.63) is 88.7 Å². The lowest BCUT2D eigenvalue weighted by molar-refractivity contribution is -0.274. The van der Waals surface area contributed by atoms with Crippen molar-refractivity contribution in [2.75, 3.05) is 10.7 Å². The Morgan fingerprint density at radius 1 is 1.11 bits per heavy atom. The first-order valence-electron chi connectivity index (χ1n) is 13.7. The molecule has 1 fully saturated rings. The summed E-state index contributed by atoms with van der Waals surface area (Å²) in [6.07, 6.45) is -2.68. The van der Waals surface area contributed by atoms with Crippen LogP contribution in [0.4, 0.5) is 23.7 Å². The predicted octanol–water partition coefficient (Wildman–Crippen LogP) is 6.90. The van der Waals surface area contributed by atoms with E-state index in [1.165, 1.54) is 40.2 Å². The van der Waals surface area contributed by atoms with E-state index in [4.69, 9.17) is 11.6 Å². The quantitative estimate of drug-likeness (QED) is 0.198. The molecule has 45 heavy (non-hydrogen) atoms. The molecule has 234 valence electrons. The van der Waals surface area contributed by atoms with Gasteiger partial charge in [-0.25, -0.2) is 19.9 Å². The number of benzene rings is 3. The number of hydrogen-bond donors (Lipinski definition) is 2. The molecule has 0 aliphatic carbocycles. The van der Waals surface area contributed by atoms with Crippen LogP contribution in [-0.4, -0.2) is 44.0 Å². The van der Waals surface area contributed by atoms with Gasteiger partial charge in [0.25, 0.3) is 0 Å². The number of amidine groups is 1. The summed E-state index contributed by atoms with van der Waals surface area (Å²) in [4.78, 5) is 35.3. The molecule has 0 radical (unpaired) electrons. The standard InChI is InChI=1S/C30H27ClF3N7O3S/c1-4-24(37-38-28(43)36-29-41(25(42)15-45-29)26-18(3)17(2)5-14-23(26)31)19-6-8-20(9-7-19)27-35-16-40(39-27)21-10-12-22(13-11-21)44-30(32,33)34/h5-14,16,24,37H,4,15H2,1-3H3,(H,38,43). The molecular weight excluding hydrogens is 631 g/mol. The summed E-state index contributed by atoms with van der Waals surface area (Å²) in [6, 6.07) is 15.3. The lowest BCUT2D eigenvalue weighted by Crippen LogP contribution is -2.39. The number of carbonyl (C=O) groups excluding carboxylic acids is 2. The third-order valence-electron chi connectivity index (χ3n) is 7.00. The number of amides is 3. The third-order valence-corrected chi connectivity index (χ3v) is 8.23. The number of anilines is 1. The highest BCUT2D eigenvalue weighted by Crippen LogP contribution is 2.36. The summed E-state index contributed by atoms with van der Waals surface area (Å²) < 4.78 is 42.6. The molecule has 0 spiro atoms. The number of aromatic nitrogens is 3. The Morgan fingerprint density at radius 3 is 2.49 bits per heavy atom. The zero-order valence-electron chi connectivity index (χ0n) is 24.2. The van der Waals surface area contributed by atoms with E-state index in [-0.39, 0.29) is 28.6 Å². The number of hydrazine groups is 1. The predicted molar refractivity (Wildman–Crippen MR) is 166 cm³/mol. The van der Waals surface area contributed by atoms with Gasteiger partial charge in [-0.3, -0.25) is 15.1 Å². The van der Waals surface area contributed by atoms with Gasteiger partial charge in [0.05, 0.1) is 28.2 Å². The van der Waals surface area contributed by atoms with Crippen molar-refractivity contribution in [3.8, 4) is 22.8 Å². The topological polar surface area (TPSA) is 114 Å². The molecule has 1 aliphatic heterocycles. The number of halogens is 4. The lowest BCUT2D eigenvalue weighted by atomic mass is 10.0. The molecule has 1 unspecified atom stereocenters. The van der Waals surface area contributed by atoms with Gasteiger partial charge >= 0.3 is 12.4 Å². The largest absolute Gasteiger partial charge is 0.573 e. The maximum Gasteiger partial charge on any atom is 0.573 e. The van der Waals surface area contributed by atoms with Gasteiger partial charge < -0.3 is 4.74 Å². The molecule has 0 bridgehead atoms. The minimum absolute atomic E-state index is 0.142. The Hall–Kier alpha value is -4.40. The summed E-state index contributed by atoms with van der Waals surface area (Å²) in [6.45, 7) is 5.73. The van der Waals surface area contributed by atoms with Crippen molar-refractivity contribution >= 4 is 46.2 Å². The van der Waals surface area contributed by atoms with E-state index >= 15 is 0 Å². The Morgan fingerprint density at radius 2 is 1.82 bits per heavy atom. The summed E-state index contributed by atoms with van der Waals surface area (Å²) >= 11 is 7.59. The van der Waals surface area contributed by atoms with Crippen LogP contribution >= 0.6 is 23.4 Å². The highest BCUT2D eigenvalue weighted by Gasteiger charge is 2.33. The first-order valence-corrected chi connectivity index (χ1v) is 15.0. The van der Waals surface area contributed by atoms with Gasteiger partial charge in [0.15, 0.2) is 11.0 Å². The van der Waals surface area contributed by atoms with Crippen LogP contribution in [0.3, 0.4) is 0 Å². The van der Waals surface area contributed by atoms with Gasteiger partial charge in [-0.15, -0.1) is 18.3 Å². The highest BCUT2D eigenvalue weighted by molar-refractivity contribution is 8.15. The van der Waals surface area contributed by atoms with Crippen molar-refractivity contribution in [2.45, 2.75) is 39.6 Å². The Bertz CT molecular complexity index is 1750. The molecule has 2 heterocycles. The second-order valence-electron chi connectivity index (χ2n) is 9.96. The fourth-order valence-corrected chi connectivity index (χ4v) is 5.72. The van der Waals surface area contributed by atoms with Crippen molar-refractivity contribution in [1.29, 1.82) is 0 Å². The number of hydrogen-bond acceptors (Lipinski definition) is 7. The molecule has 1 aromatic heterocycles. The Kier molecular flexibility index (Phi) is 9.46. The van der Waals surface area contributed by atoms with E-state index in [9.17, 15) is 22.8 Å². The number of aryl methyl sites for hydroxylation is 1. The van der Waals surface area contributed by atoms with Crippen LogP contribution in [0.25, 0.3) is 17.1 Å². The van der Waals surface area contributed by atoms with Gasteiger partial charge in [0.2, 0.25) is 5.91 Å². The minimum Gasteiger partial charge on any atom is -0.406 e. The fourth-order valence-electron chi connectivity index (χ4n) is 4.58. The van der Waals surface area contributed by atoms with Crippen LogP contribution in [0, 0.1) is 13.8 Å². The summed E-state index contributed by atoms with van der Waals surface area (Å²) in [5, 5.41) is 5.06. The van der Waals surface area contributed by atoms with E-state index in [2.05, 4.69) is 30.7 Å². The second-order valence-corrected chi connectivity index (χ2v) is 11.3. The molecule has 1 aliphatic rings. The maximum absolute atomic E-state index is 12.8. The summed E-state index contributed by atoms with van der Waals surface area (Å²) in [5.74, 6) is 0.0131. The van der Waals surface area contributed by atoms with E-state index in [1.807, 2.05) is 51.1 Å². The molecule has 2 N–H and O–H groups in total. The van der Waals surface area contributed by atoms with Crippen molar-refractivity contribution in [2.24, 2.45) is 4.99 Å². The SMILES string of the molecule is CCC(NNC(=O)N=C1SCC(=O)N1c1c(Cl)ccc(C)c1C)c1ccc(-c2ncn(-c3ccc(OC(F)(F)F)cc3)n2)cc1. The van der Waals surface area contributed by atoms with Crippen LogP contribution in [0.1, 0.15) is 36.1 Å². The number of carbonyl (C=O) groups is 2. The van der Waals surface area contributed by atoms with Gasteiger partial charge in [-0.05, 0) is 67.3 Å². The zero-order valence-corrected chi connectivity index (χ0v) is 25.8. The molecular formula is C30H27ClF3N7O3S. The van der Waals surface area contributed by atoms with Crippen molar-refractivity contribution in [1.82, 2.24) is 25.6 Å². The molecule has 0 saturated carbocycles. The summed E-state index contributed by atoms with van der Waals surface area (Å²) in [7, 11) is 0. The second kappa shape index (κ2) is 13.3. The van der Waals surface area contributed by atoms with Crippen molar-refractivity contribution in [3.63, 3.8) is 0 Å². The third kappa shape index (κ3) is 7.47. The lowest BCUT2D eigenvalue weighted by Gasteiger charge is -2.21. The maximum atomic E-state index is 12.8. The first-order chi connectivity index (χ1) is 21.4. The van der Waals surface area contributed by atoms with Crippen LogP contribution in [0.15, 0.2) is 72.0 Å².